The highest BCUT2D eigenvalue weighted by molar-refractivity contribution is 7.91. The Morgan fingerprint density at radius 1 is 1.06 bits per heavy atom. The molecule has 1 heterocycles. The second kappa shape index (κ2) is 9.01. The molecule has 1 unspecified atom stereocenters. The summed E-state index contributed by atoms with van der Waals surface area (Å²) in [6.45, 7) is 4.10. The maximum atomic E-state index is 13.8. The number of nitrogens with one attached hydrogen (secondary N) is 2. The van der Waals surface area contributed by atoms with Crippen LogP contribution in [0.25, 0.3) is 0 Å². The molecule has 1 amide bonds. The lowest BCUT2D eigenvalue weighted by atomic mass is 10.1. The fourth-order valence-corrected chi connectivity index (χ4v) is 3.78. The Kier molecular flexibility index (Phi) is 6.65. The van der Waals surface area contributed by atoms with E-state index >= 15 is 0 Å². The van der Waals surface area contributed by atoms with Gasteiger partial charge < -0.3 is 10.1 Å². The predicted octanol–water partition coefficient (Wildman–Crippen LogP) is 5.64. The highest BCUT2D eigenvalue weighted by Gasteiger charge is 2.38. The monoisotopic (exact) mass is 496 g/mol. The van der Waals surface area contributed by atoms with Crippen LogP contribution in [0.1, 0.15) is 32.7 Å². The molecule has 3 aromatic rings. The van der Waals surface area contributed by atoms with E-state index in [-0.39, 0.29) is 21.9 Å². The molecule has 12 heteroatoms. The maximum Gasteiger partial charge on any atom is 0.435 e. The molecule has 7 nitrogen and oxygen atoms in total. The van der Waals surface area contributed by atoms with E-state index in [2.05, 4.69) is 15.5 Å². The minimum atomic E-state index is -4.88. The zero-order valence-electron chi connectivity index (χ0n) is 18.5. The lowest BCUT2D eigenvalue weighted by Crippen LogP contribution is -2.21. The van der Waals surface area contributed by atoms with Crippen LogP contribution in [0.5, 0.6) is 11.6 Å². The Morgan fingerprint density at radius 3 is 2.35 bits per heavy atom. The van der Waals surface area contributed by atoms with Crippen molar-refractivity contribution < 1.29 is 31.3 Å². The van der Waals surface area contributed by atoms with Crippen molar-refractivity contribution in [3.63, 3.8) is 0 Å². The number of ether oxygens (including phenoxy) is 1. The van der Waals surface area contributed by atoms with Gasteiger partial charge in [0.25, 0.3) is 11.8 Å². The van der Waals surface area contributed by atoms with Crippen molar-refractivity contribution in [2.24, 2.45) is 0 Å². The number of halogens is 4. The van der Waals surface area contributed by atoms with Gasteiger partial charge in [-0.3, -0.25) is 4.79 Å². The summed E-state index contributed by atoms with van der Waals surface area (Å²) < 4.78 is 79.5. The largest absolute Gasteiger partial charge is 0.437 e. The summed E-state index contributed by atoms with van der Waals surface area (Å²) in [6.07, 6.45) is -3.69. The first-order valence-electron chi connectivity index (χ1n) is 9.73. The predicted molar refractivity (Wildman–Crippen MR) is 117 cm³/mol. The molecule has 1 atom stereocenters. The van der Waals surface area contributed by atoms with Gasteiger partial charge in [0, 0.05) is 16.8 Å². The van der Waals surface area contributed by atoms with Crippen molar-refractivity contribution in [2.45, 2.75) is 31.8 Å². The molecule has 0 bridgehead atoms. The zero-order chi connectivity index (χ0) is 25.4. The number of amides is 1. The number of carbonyl (C=O) groups is 1. The van der Waals surface area contributed by atoms with Crippen LogP contribution >= 0.6 is 0 Å². The van der Waals surface area contributed by atoms with E-state index in [0.717, 1.165) is 13.0 Å². The number of hydrogen-bond donors (Lipinski definition) is 2. The summed E-state index contributed by atoms with van der Waals surface area (Å²) in [5.74, 6) is -1.91. The summed E-state index contributed by atoms with van der Waals surface area (Å²) in [5.41, 5.74) is -1.69. The second-order valence-corrected chi connectivity index (χ2v) is 9.73. The molecule has 0 spiro atoms. The van der Waals surface area contributed by atoms with Gasteiger partial charge in [-0.25, -0.2) is 13.4 Å². The maximum absolute atomic E-state index is 13.8. The average molecular weight is 496 g/mol. The molecule has 0 aliphatic carbocycles. The standard InChI is InChI=1S/C22H20F4N4O3S/c1-11-12(2)17(9-8-16(11)23)33-21-18(13(3)19(29-30-21)22(24,25)26)20(31)28-14-6-5-7-15(10-14)34(4,27)32/h5-10,27H,1-4H3,(H,28,31). The SMILES string of the molecule is Cc1c(F)ccc(Oc2nnc(C(F)(F)F)c(C)c2C(=O)Nc2cccc(S(C)(=N)=O)c2)c1C. The van der Waals surface area contributed by atoms with Crippen molar-refractivity contribution in [1.82, 2.24) is 10.2 Å². The van der Waals surface area contributed by atoms with E-state index < -0.39 is 50.3 Å². The molecule has 0 aliphatic heterocycles. The van der Waals surface area contributed by atoms with Gasteiger partial charge in [0.05, 0.1) is 9.73 Å². The Morgan fingerprint density at radius 2 is 1.74 bits per heavy atom. The van der Waals surface area contributed by atoms with Crippen LogP contribution in [-0.2, 0) is 15.9 Å². The number of benzene rings is 2. The Balaban J connectivity index is 2.10. The topological polar surface area (TPSA) is 105 Å². The van der Waals surface area contributed by atoms with Gasteiger partial charge >= 0.3 is 6.18 Å². The van der Waals surface area contributed by atoms with Crippen LogP contribution in [-0.4, -0.2) is 26.6 Å². The number of nitrogens with zero attached hydrogens (tertiary/aromatic N) is 2. The molecular weight excluding hydrogens is 476 g/mol. The van der Waals surface area contributed by atoms with Crippen LogP contribution in [0.2, 0.25) is 0 Å². The first kappa shape index (κ1) is 25.1. The normalized spacial score (nSPS) is 13.3. The van der Waals surface area contributed by atoms with E-state index in [0.29, 0.717) is 5.56 Å². The summed E-state index contributed by atoms with van der Waals surface area (Å²) >= 11 is 0. The minimum absolute atomic E-state index is 0.0864. The van der Waals surface area contributed by atoms with Gasteiger partial charge in [0.15, 0.2) is 5.69 Å². The van der Waals surface area contributed by atoms with Gasteiger partial charge in [-0.2, -0.15) is 13.2 Å². The lowest BCUT2D eigenvalue weighted by molar-refractivity contribution is -0.142. The molecule has 2 N–H and O–H groups in total. The number of rotatable bonds is 5. The van der Waals surface area contributed by atoms with Crippen LogP contribution < -0.4 is 10.1 Å². The molecule has 0 fully saturated rings. The molecule has 0 radical (unpaired) electrons. The Labute approximate surface area is 193 Å². The molecule has 180 valence electrons. The second-order valence-electron chi connectivity index (χ2n) is 7.57. The fraction of sp³-hybridized carbons (Fsp3) is 0.227. The van der Waals surface area contributed by atoms with Crippen LogP contribution in [0.15, 0.2) is 41.3 Å². The molecule has 0 aliphatic rings. The number of carbonyl (C=O) groups excluding carboxylic acids is 1. The van der Waals surface area contributed by atoms with Gasteiger partial charge in [0.1, 0.15) is 17.1 Å². The van der Waals surface area contributed by atoms with E-state index in [1.165, 1.54) is 43.5 Å². The van der Waals surface area contributed by atoms with Crippen molar-refractivity contribution in [3.8, 4) is 11.6 Å². The van der Waals surface area contributed by atoms with Crippen LogP contribution in [0, 0.1) is 31.4 Å². The zero-order valence-corrected chi connectivity index (χ0v) is 19.3. The summed E-state index contributed by atoms with van der Waals surface area (Å²) in [7, 11) is -3.10. The third-order valence-corrected chi connectivity index (χ3v) is 6.25. The van der Waals surface area contributed by atoms with Gasteiger partial charge in [0.2, 0.25) is 0 Å². The molecular formula is C22H20F4N4O3S. The van der Waals surface area contributed by atoms with Crippen LogP contribution in [0.4, 0.5) is 23.2 Å². The number of anilines is 1. The lowest BCUT2D eigenvalue weighted by Gasteiger charge is -2.17. The third-order valence-electron chi connectivity index (χ3n) is 5.10. The molecule has 2 aromatic carbocycles. The van der Waals surface area contributed by atoms with E-state index in [4.69, 9.17) is 9.52 Å². The third kappa shape index (κ3) is 5.16. The molecule has 0 saturated heterocycles. The van der Waals surface area contributed by atoms with Crippen molar-refractivity contribution >= 4 is 21.3 Å². The quantitative estimate of drug-likeness (QED) is 0.445. The highest BCUT2D eigenvalue weighted by Crippen LogP contribution is 2.36. The van der Waals surface area contributed by atoms with Crippen molar-refractivity contribution in [1.29, 1.82) is 4.78 Å². The first-order valence-corrected chi connectivity index (χ1v) is 11.7. The van der Waals surface area contributed by atoms with Crippen molar-refractivity contribution in [2.75, 3.05) is 11.6 Å². The molecule has 34 heavy (non-hydrogen) atoms. The molecule has 0 saturated carbocycles. The van der Waals surface area contributed by atoms with Gasteiger partial charge in [-0.05, 0) is 67.8 Å². The van der Waals surface area contributed by atoms with Crippen molar-refractivity contribution in [3.05, 3.63) is 70.2 Å². The van der Waals surface area contributed by atoms with Gasteiger partial charge in [-0.1, -0.05) is 6.07 Å². The summed E-state index contributed by atoms with van der Waals surface area (Å²) in [6, 6.07) is 7.98. The number of hydrogen-bond acceptors (Lipinski definition) is 6. The first-order chi connectivity index (χ1) is 15.7. The minimum Gasteiger partial charge on any atom is -0.437 e. The summed E-state index contributed by atoms with van der Waals surface area (Å²) in [4.78, 5) is 13.2. The van der Waals surface area contributed by atoms with Gasteiger partial charge in [-0.15, -0.1) is 10.2 Å². The van der Waals surface area contributed by atoms with E-state index in [9.17, 15) is 26.6 Å². The van der Waals surface area contributed by atoms with E-state index in [1.54, 1.807) is 6.92 Å². The smallest absolute Gasteiger partial charge is 0.435 e. The Bertz CT molecular complexity index is 1390. The summed E-state index contributed by atoms with van der Waals surface area (Å²) in [5, 5.41) is 9.11. The molecule has 1 aromatic heterocycles. The molecule has 3 rings (SSSR count). The fourth-order valence-electron chi connectivity index (χ4n) is 3.09. The number of aromatic nitrogens is 2. The average Bonchev–Trinajstić information content (AvgIpc) is 2.73. The van der Waals surface area contributed by atoms with Crippen LogP contribution in [0.3, 0.4) is 0 Å². The van der Waals surface area contributed by atoms with E-state index in [1.807, 2.05) is 0 Å². The Hall–Kier alpha value is -3.54. The number of alkyl halides is 3. The highest BCUT2D eigenvalue weighted by atomic mass is 32.2.